The van der Waals surface area contributed by atoms with Gasteiger partial charge in [0.25, 0.3) is 0 Å². The fraction of sp³-hybridized carbons (Fsp3) is 0.667. The Labute approximate surface area is 269 Å². The lowest BCUT2D eigenvalue weighted by atomic mass is 9.96. The highest BCUT2D eigenvalue weighted by Crippen LogP contribution is 2.20. The number of hydrogen-bond donors (Lipinski definition) is 10. The summed E-state index contributed by atoms with van der Waals surface area (Å²) in [5.41, 5.74) is 7.86. The molecule has 4 amide bonds. The van der Waals surface area contributed by atoms with E-state index in [4.69, 9.17) is 37.0 Å². The fourth-order valence-corrected chi connectivity index (χ4v) is 4.30. The third-order valence-electron chi connectivity index (χ3n) is 6.44. The molecule has 12 N–H and O–H groups in total. The quantitative estimate of drug-likeness (QED) is 0.0393. The first kappa shape index (κ1) is 42.0. The maximum absolute atomic E-state index is 13.2. The van der Waals surface area contributed by atoms with Crippen LogP contribution in [0.5, 0.6) is 0 Å². The Morgan fingerprint density at radius 1 is 0.915 bits per heavy atom. The van der Waals surface area contributed by atoms with E-state index in [2.05, 4.69) is 20.9 Å². The molecule has 266 valence electrons. The van der Waals surface area contributed by atoms with Crippen molar-refractivity contribution in [1.29, 1.82) is 0 Å². The summed E-state index contributed by atoms with van der Waals surface area (Å²) in [5.74, 6) is -8.24. The maximum atomic E-state index is 13.2. The highest BCUT2D eigenvalue weighted by atomic mass is 16.4. The predicted octanol–water partition coefficient (Wildman–Crippen LogP) is -2.98. The normalized spacial score (nSPS) is 15.3. The topological polar surface area (TPSA) is 341 Å². The number of amides is 4. The average molecular weight is 676 g/mol. The van der Waals surface area contributed by atoms with Crippen LogP contribution in [0, 0.1) is 5.92 Å². The smallest absolute Gasteiger partial charge is 0.336 e. The molecule has 0 radical (unpaired) electrons. The van der Waals surface area contributed by atoms with Crippen molar-refractivity contribution in [3.8, 4) is 0 Å². The van der Waals surface area contributed by atoms with Crippen molar-refractivity contribution in [2.75, 3.05) is 19.6 Å². The number of carboxylic acid groups (broad SMARTS) is 4. The van der Waals surface area contributed by atoms with Gasteiger partial charge < -0.3 is 57.9 Å². The van der Waals surface area contributed by atoms with E-state index >= 15 is 0 Å². The number of hydrogen-bond acceptors (Lipinski definition) is 10. The Kier molecular flexibility index (Phi) is 18.0. The van der Waals surface area contributed by atoms with E-state index in [0.717, 1.165) is 0 Å². The number of carbonyl (C=O) groups excluding carboxylic acids is 4. The van der Waals surface area contributed by atoms with Gasteiger partial charge in [-0.25, -0.2) is 4.79 Å². The molecule has 0 aromatic carbocycles. The molecule has 1 saturated heterocycles. The monoisotopic (exact) mass is 675 g/mol. The molecule has 1 rings (SSSR count). The van der Waals surface area contributed by atoms with Crippen molar-refractivity contribution in [3.63, 3.8) is 0 Å². The average Bonchev–Trinajstić information content (AvgIpc) is 3.41. The van der Waals surface area contributed by atoms with Crippen molar-refractivity contribution in [3.05, 3.63) is 0 Å². The van der Waals surface area contributed by atoms with E-state index in [9.17, 15) is 38.4 Å². The number of carbonyl (C=O) groups is 8. The summed E-state index contributed by atoms with van der Waals surface area (Å²) in [5, 5.41) is 50.7. The SMILES string of the molecule is CC(=O)N[C@@H](CCCN=C(N)N)C(=O)N1CCC[C@H]1C(=O)N[C@@H](CC(=O)O)C(=O)NCC(C)C.O=C(O)CC(O)(CC(=O)O)C(=O)O. The molecule has 1 heterocycles. The van der Waals surface area contributed by atoms with Crippen LogP contribution >= 0.6 is 0 Å². The van der Waals surface area contributed by atoms with Gasteiger partial charge in [0, 0.05) is 26.6 Å². The van der Waals surface area contributed by atoms with Crippen LogP contribution in [0.15, 0.2) is 4.99 Å². The highest BCUT2D eigenvalue weighted by molar-refractivity contribution is 5.95. The molecule has 0 aromatic rings. The van der Waals surface area contributed by atoms with Crippen LogP contribution in [0.3, 0.4) is 0 Å². The lowest BCUT2D eigenvalue weighted by Gasteiger charge is -2.29. The van der Waals surface area contributed by atoms with Crippen LogP contribution in [-0.2, 0) is 38.4 Å². The van der Waals surface area contributed by atoms with Crippen LogP contribution in [0.25, 0.3) is 0 Å². The van der Waals surface area contributed by atoms with Crippen molar-refractivity contribution in [2.45, 2.75) is 89.4 Å². The van der Waals surface area contributed by atoms with Crippen LogP contribution < -0.4 is 27.4 Å². The summed E-state index contributed by atoms with van der Waals surface area (Å²) >= 11 is 0. The molecule has 1 fully saturated rings. The zero-order chi connectivity index (χ0) is 36.5. The van der Waals surface area contributed by atoms with Gasteiger partial charge in [-0.2, -0.15) is 0 Å². The molecule has 1 aliphatic heterocycles. The summed E-state index contributed by atoms with van der Waals surface area (Å²) in [7, 11) is 0. The lowest BCUT2D eigenvalue weighted by molar-refractivity contribution is -0.170. The molecule has 0 spiro atoms. The van der Waals surface area contributed by atoms with Gasteiger partial charge >= 0.3 is 23.9 Å². The standard InChI is InChI=1S/C21H37N7O6.C6H8O7/c1-12(2)11-25-18(32)15(10-17(30)31)27-19(33)16-7-5-9-28(16)20(34)14(26-13(3)29)6-4-8-24-21(22)23;7-3(8)1-6(13,5(11)12)2-4(9)10/h12,14-16H,4-11H2,1-3H3,(H,25,32)(H,26,29)(H,27,33)(H,30,31)(H4,22,23,24);13H,1-2H2,(H,7,8)(H,9,10)(H,11,12)/t14-,15-,16-;/m0./s1. The number of carboxylic acids is 4. The number of guanidine groups is 1. The zero-order valence-electron chi connectivity index (χ0n) is 26.4. The molecular weight excluding hydrogens is 630 g/mol. The minimum atomic E-state index is -2.74. The van der Waals surface area contributed by atoms with Gasteiger partial charge in [-0.3, -0.25) is 38.6 Å². The second-order valence-electron chi connectivity index (χ2n) is 11.2. The van der Waals surface area contributed by atoms with Crippen LogP contribution in [0.4, 0.5) is 0 Å². The Bertz CT molecular complexity index is 1170. The van der Waals surface area contributed by atoms with Crippen LogP contribution in [0.2, 0.25) is 0 Å². The minimum absolute atomic E-state index is 0.0768. The predicted molar refractivity (Wildman–Crippen MR) is 161 cm³/mol. The molecule has 20 nitrogen and oxygen atoms in total. The number of aliphatic hydroxyl groups is 1. The molecule has 0 aliphatic carbocycles. The molecule has 0 unspecified atom stereocenters. The zero-order valence-corrected chi connectivity index (χ0v) is 26.4. The summed E-state index contributed by atoms with van der Waals surface area (Å²) in [6.45, 7) is 5.96. The second-order valence-corrected chi connectivity index (χ2v) is 11.2. The lowest BCUT2D eigenvalue weighted by Crippen LogP contribution is -2.56. The Morgan fingerprint density at radius 3 is 1.94 bits per heavy atom. The highest BCUT2D eigenvalue weighted by Gasteiger charge is 2.41. The number of nitrogens with zero attached hydrogens (tertiary/aromatic N) is 2. The third-order valence-corrected chi connectivity index (χ3v) is 6.44. The minimum Gasteiger partial charge on any atom is -0.481 e. The Balaban J connectivity index is 0.00000137. The van der Waals surface area contributed by atoms with E-state index < -0.39 is 90.5 Å². The molecule has 20 heteroatoms. The summed E-state index contributed by atoms with van der Waals surface area (Å²) in [4.78, 5) is 97.1. The number of nitrogens with two attached hydrogens (primary N) is 2. The van der Waals surface area contributed by atoms with Crippen molar-refractivity contribution in [1.82, 2.24) is 20.9 Å². The fourth-order valence-electron chi connectivity index (χ4n) is 4.30. The molecule has 0 bridgehead atoms. The van der Waals surface area contributed by atoms with Crippen LogP contribution in [0.1, 0.15) is 65.7 Å². The number of rotatable bonds is 18. The Morgan fingerprint density at radius 2 is 1.49 bits per heavy atom. The van der Waals surface area contributed by atoms with Crippen molar-refractivity contribution in [2.24, 2.45) is 22.4 Å². The Hall–Kier alpha value is -5.01. The first-order valence-electron chi connectivity index (χ1n) is 14.5. The maximum Gasteiger partial charge on any atom is 0.336 e. The second kappa shape index (κ2) is 20.2. The van der Waals surface area contributed by atoms with E-state index in [1.165, 1.54) is 11.8 Å². The molecule has 3 atom stereocenters. The first-order valence-corrected chi connectivity index (χ1v) is 14.5. The first-order chi connectivity index (χ1) is 21.7. The van der Waals surface area contributed by atoms with Gasteiger partial charge in [-0.1, -0.05) is 13.8 Å². The molecular formula is C27H45N7O13. The van der Waals surface area contributed by atoms with Gasteiger partial charge in [0.05, 0.1) is 19.3 Å². The largest absolute Gasteiger partial charge is 0.481 e. The van der Waals surface area contributed by atoms with Crippen molar-refractivity contribution < 1.29 is 63.9 Å². The van der Waals surface area contributed by atoms with Gasteiger partial charge in [0.15, 0.2) is 11.6 Å². The molecule has 1 aliphatic rings. The summed E-state index contributed by atoms with van der Waals surface area (Å²) in [6.07, 6.45) is -1.28. The molecule has 47 heavy (non-hydrogen) atoms. The number of aliphatic carboxylic acids is 4. The number of likely N-dealkylation sites (tertiary alicyclic amines) is 1. The van der Waals surface area contributed by atoms with E-state index in [1.807, 2.05) is 13.8 Å². The van der Waals surface area contributed by atoms with Gasteiger partial charge in [-0.05, 0) is 31.6 Å². The summed E-state index contributed by atoms with van der Waals surface area (Å²) in [6, 6.07) is -3.02. The van der Waals surface area contributed by atoms with Gasteiger partial charge in [0.1, 0.15) is 18.1 Å². The number of nitrogens with one attached hydrogen (secondary N) is 3. The molecule has 0 aromatic heterocycles. The van der Waals surface area contributed by atoms with Gasteiger partial charge in [0.2, 0.25) is 23.6 Å². The van der Waals surface area contributed by atoms with Crippen LogP contribution in [-0.4, -0.2) is 127 Å². The van der Waals surface area contributed by atoms with E-state index in [0.29, 0.717) is 32.4 Å². The van der Waals surface area contributed by atoms with Gasteiger partial charge in [-0.15, -0.1) is 0 Å². The third kappa shape index (κ3) is 16.8. The number of aliphatic imine (C=N–C) groups is 1. The summed E-state index contributed by atoms with van der Waals surface area (Å²) < 4.78 is 0. The van der Waals surface area contributed by atoms with E-state index in [1.54, 1.807) is 0 Å². The molecule has 0 saturated carbocycles. The van der Waals surface area contributed by atoms with E-state index in [-0.39, 0.29) is 24.8 Å². The van der Waals surface area contributed by atoms with Crippen molar-refractivity contribution >= 4 is 53.5 Å².